The lowest BCUT2D eigenvalue weighted by Gasteiger charge is -2.31. The Kier molecular flexibility index (Phi) is 8.72. The molecule has 1 aliphatic heterocycles. The highest BCUT2D eigenvalue weighted by Crippen LogP contribution is 2.36. The van der Waals surface area contributed by atoms with Crippen LogP contribution in [0, 0.1) is 5.92 Å². The van der Waals surface area contributed by atoms with Crippen LogP contribution in [-0.2, 0) is 25.7 Å². The summed E-state index contributed by atoms with van der Waals surface area (Å²) in [6, 6.07) is 14.0. The van der Waals surface area contributed by atoms with E-state index in [1.807, 2.05) is 37.3 Å². The van der Waals surface area contributed by atoms with Crippen molar-refractivity contribution in [3.8, 4) is 0 Å². The molecular weight excluding hydrogens is 469 g/mol. The van der Waals surface area contributed by atoms with Gasteiger partial charge in [0, 0.05) is 32.2 Å². The van der Waals surface area contributed by atoms with Gasteiger partial charge in [-0.25, -0.2) is 8.42 Å². The maximum atomic E-state index is 13.3. The van der Waals surface area contributed by atoms with E-state index in [1.165, 1.54) is 6.07 Å². The molecule has 0 aromatic heterocycles. The monoisotopic (exact) mass is 498 g/mol. The van der Waals surface area contributed by atoms with Gasteiger partial charge in [-0.05, 0) is 43.9 Å². The molecule has 1 aliphatic rings. The Hall–Kier alpha value is -2.43. The van der Waals surface area contributed by atoms with Gasteiger partial charge in [0.2, 0.25) is 15.9 Å². The maximum Gasteiger partial charge on any atom is 0.417 e. The Morgan fingerprint density at radius 3 is 2.35 bits per heavy atom. The van der Waals surface area contributed by atoms with Gasteiger partial charge in [-0.2, -0.15) is 17.5 Å². The lowest BCUT2D eigenvalue weighted by Crippen LogP contribution is -2.43. The third-order valence-corrected chi connectivity index (χ3v) is 7.85. The number of benzene rings is 2. The fraction of sp³-hybridized carbons (Fsp3) is 0.458. The van der Waals surface area contributed by atoms with Crippen molar-refractivity contribution in [1.29, 1.82) is 0 Å². The van der Waals surface area contributed by atoms with Crippen molar-refractivity contribution in [3.05, 3.63) is 65.7 Å². The molecule has 0 unspecified atom stereocenters. The number of sulfonamides is 1. The second kappa shape index (κ2) is 11.3. The summed E-state index contributed by atoms with van der Waals surface area (Å²) in [5, 5.41) is 2.84. The largest absolute Gasteiger partial charge is 0.417 e. The van der Waals surface area contributed by atoms with Crippen LogP contribution in [0.5, 0.6) is 0 Å². The number of halogens is 3. The number of nitrogens with one attached hydrogen (secondary N) is 1. The zero-order valence-corrected chi connectivity index (χ0v) is 19.7. The topological polar surface area (TPSA) is 75.7 Å². The molecule has 0 spiro atoms. The van der Waals surface area contributed by atoms with Crippen LogP contribution >= 0.6 is 0 Å². The lowest BCUT2D eigenvalue weighted by atomic mass is 9.97. The summed E-state index contributed by atoms with van der Waals surface area (Å²) in [4.78, 5) is 11.7. The predicted octanol–water partition coefficient (Wildman–Crippen LogP) is 4.39. The first-order valence-corrected chi connectivity index (χ1v) is 12.7. The van der Waals surface area contributed by atoms with Crippen molar-refractivity contribution in [3.63, 3.8) is 0 Å². The Morgan fingerprint density at radius 2 is 1.71 bits per heavy atom. The molecule has 1 atom stereocenters. The van der Waals surface area contributed by atoms with Crippen LogP contribution in [0.15, 0.2) is 59.5 Å². The van der Waals surface area contributed by atoms with Crippen molar-refractivity contribution in [2.75, 3.05) is 26.2 Å². The molecule has 1 fully saturated rings. The summed E-state index contributed by atoms with van der Waals surface area (Å²) in [5.41, 5.74) is -0.107. The first kappa shape index (κ1) is 26.2. The van der Waals surface area contributed by atoms with Crippen molar-refractivity contribution in [1.82, 2.24) is 9.62 Å². The summed E-state index contributed by atoms with van der Waals surface area (Å²) in [6.45, 7) is 2.85. The summed E-state index contributed by atoms with van der Waals surface area (Å²) >= 11 is 0. The van der Waals surface area contributed by atoms with Gasteiger partial charge < -0.3 is 10.1 Å². The quantitative estimate of drug-likeness (QED) is 0.521. The molecule has 1 saturated heterocycles. The molecule has 6 nitrogen and oxygen atoms in total. The molecule has 1 amide bonds. The van der Waals surface area contributed by atoms with Gasteiger partial charge in [-0.15, -0.1) is 0 Å². The van der Waals surface area contributed by atoms with E-state index in [-0.39, 0.29) is 43.9 Å². The van der Waals surface area contributed by atoms with E-state index >= 15 is 0 Å². The van der Waals surface area contributed by atoms with Crippen LogP contribution in [0.1, 0.15) is 43.4 Å². The Labute approximate surface area is 198 Å². The normalized spacial score (nSPS) is 16.8. The number of hydrogen-bond donors (Lipinski definition) is 1. The van der Waals surface area contributed by atoms with E-state index in [1.54, 1.807) is 0 Å². The van der Waals surface area contributed by atoms with Crippen LogP contribution in [0.3, 0.4) is 0 Å². The van der Waals surface area contributed by atoms with Crippen LogP contribution in [0.4, 0.5) is 13.2 Å². The van der Waals surface area contributed by atoms with E-state index in [9.17, 15) is 26.4 Å². The number of nitrogens with zero attached hydrogens (tertiary/aromatic N) is 1. The summed E-state index contributed by atoms with van der Waals surface area (Å²) in [7, 11) is -4.32. The average Bonchev–Trinajstić information content (AvgIpc) is 2.83. The van der Waals surface area contributed by atoms with Gasteiger partial charge in [0.05, 0.1) is 16.6 Å². The number of alkyl halides is 3. The molecule has 0 bridgehead atoms. The van der Waals surface area contributed by atoms with E-state index < -0.39 is 26.7 Å². The number of amides is 1. The fourth-order valence-electron chi connectivity index (χ4n) is 3.93. The van der Waals surface area contributed by atoms with Gasteiger partial charge in [0.25, 0.3) is 0 Å². The standard InChI is InChI=1S/C24H29F3N2O4S/c1-18(19-8-3-2-4-9-19)33-17-7-14-28-23(30)20-12-15-29(16-13-20)34(31,32)22-11-6-5-10-21(22)24(25,26)27/h2-6,8-11,18,20H,7,12-17H2,1H3,(H,28,30)/t18-/m1/s1. The van der Waals surface area contributed by atoms with Gasteiger partial charge in [-0.3, -0.25) is 4.79 Å². The molecule has 0 radical (unpaired) electrons. The van der Waals surface area contributed by atoms with E-state index in [2.05, 4.69) is 5.32 Å². The highest BCUT2D eigenvalue weighted by Gasteiger charge is 2.40. The molecule has 34 heavy (non-hydrogen) atoms. The molecular formula is C24H29F3N2O4S. The second-order valence-corrected chi connectivity index (χ2v) is 10.1. The zero-order valence-electron chi connectivity index (χ0n) is 18.9. The zero-order chi connectivity index (χ0) is 24.8. The number of carbonyl (C=O) groups excluding carboxylic acids is 1. The molecule has 0 saturated carbocycles. The van der Waals surface area contributed by atoms with Gasteiger partial charge in [-0.1, -0.05) is 42.5 Å². The minimum atomic E-state index is -4.77. The van der Waals surface area contributed by atoms with Crippen molar-refractivity contribution < 1.29 is 31.1 Å². The minimum absolute atomic E-state index is 0.00961. The van der Waals surface area contributed by atoms with E-state index in [0.717, 1.165) is 28.1 Å². The molecule has 2 aromatic carbocycles. The second-order valence-electron chi connectivity index (χ2n) is 8.24. The van der Waals surface area contributed by atoms with Crippen LogP contribution in [-0.4, -0.2) is 44.9 Å². The molecule has 10 heteroatoms. The third-order valence-electron chi connectivity index (χ3n) is 5.89. The van der Waals surface area contributed by atoms with Gasteiger partial charge in [0.1, 0.15) is 0 Å². The maximum absolute atomic E-state index is 13.3. The highest BCUT2D eigenvalue weighted by molar-refractivity contribution is 7.89. The number of ether oxygens (including phenoxy) is 1. The molecule has 2 aromatic rings. The van der Waals surface area contributed by atoms with Gasteiger partial charge in [0.15, 0.2) is 0 Å². The van der Waals surface area contributed by atoms with Crippen molar-refractivity contribution in [2.24, 2.45) is 5.92 Å². The van der Waals surface area contributed by atoms with Crippen LogP contribution in [0.25, 0.3) is 0 Å². The molecule has 1 N–H and O–H groups in total. The Morgan fingerprint density at radius 1 is 1.09 bits per heavy atom. The van der Waals surface area contributed by atoms with Crippen LogP contribution in [0.2, 0.25) is 0 Å². The fourth-order valence-corrected chi connectivity index (χ4v) is 5.61. The third kappa shape index (κ3) is 6.58. The lowest BCUT2D eigenvalue weighted by molar-refractivity contribution is -0.139. The number of rotatable bonds is 9. The van der Waals surface area contributed by atoms with E-state index in [0.29, 0.717) is 19.6 Å². The van der Waals surface area contributed by atoms with Gasteiger partial charge >= 0.3 is 6.18 Å². The first-order chi connectivity index (χ1) is 16.1. The highest BCUT2D eigenvalue weighted by atomic mass is 32.2. The summed E-state index contributed by atoms with van der Waals surface area (Å²) in [5.74, 6) is -0.558. The SMILES string of the molecule is C[C@@H](OCCCNC(=O)C1CCN(S(=O)(=O)c2ccccc2C(F)(F)F)CC1)c1ccccc1. The summed E-state index contributed by atoms with van der Waals surface area (Å²) < 4.78 is 72.3. The van der Waals surface area contributed by atoms with Crippen molar-refractivity contribution in [2.45, 2.75) is 43.4 Å². The smallest absolute Gasteiger partial charge is 0.374 e. The molecule has 3 rings (SSSR count). The molecule has 0 aliphatic carbocycles. The Balaban J connectivity index is 1.44. The summed E-state index contributed by atoms with van der Waals surface area (Å²) in [6.07, 6.45) is -3.69. The predicted molar refractivity (Wildman–Crippen MR) is 121 cm³/mol. The van der Waals surface area contributed by atoms with Crippen LogP contribution < -0.4 is 5.32 Å². The first-order valence-electron chi connectivity index (χ1n) is 11.2. The average molecular weight is 499 g/mol. The number of carbonyl (C=O) groups is 1. The number of hydrogen-bond acceptors (Lipinski definition) is 4. The van der Waals surface area contributed by atoms with E-state index in [4.69, 9.17) is 4.74 Å². The Bertz CT molecular complexity index is 1050. The van der Waals surface area contributed by atoms with Crippen molar-refractivity contribution >= 4 is 15.9 Å². The molecule has 1 heterocycles. The minimum Gasteiger partial charge on any atom is -0.374 e. The number of piperidine rings is 1. The molecule has 186 valence electrons.